The molecule has 1 N–H and O–H groups in total. The highest BCUT2D eigenvalue weighted by molar-refractivity contribution is 5.82. The Kier molecular flexibility index (Phi) is 6.65. The fraction of sp³-hybridized carbons (Fsp3) is 0.750. The Morgan fingerprint density at radius 1 is 1.41 bits per heavy atom. The standard InChI is InChI=1S/C12H21NO4/c1-3-10(9-11(14)15-4-2)13-6-5-12-16-7-8-17-12/h9,12-13H,3-8H2,1-2H3/b10-9+. The molecular formula is C12H21NO4. The molecular weight excluding hydrogens is 222 g/mol. The summed E-state index contributed by atoms with van der Waals surface area (Å²) in [4.78, 5) is 11.2. The first-order chi connectivity index (χ1) is 8.26. The van der Waals surface area contributed by atoms with Crippen LogP contribution in [0.3, 0.4) is 0 Å². The minimum atomic E-state index is -0.301. The van der Waals surface area contributed by atoms with Gasteiger partial charge in [-0.3, -0.25) is 0 Å². The minimum Gasteiger partial charge on any atom is -0.463 e. The molecule has 98 valence electrons. The molecule has 0 bridgehead atoms. The predicted molar refractivity (Wildman–Crippen MR) is 63.3 cm³/mol. The van der Waals surface area contributed by atoms with E-state index in [0.717, 1.165) is 25.1 Å². The van der Waals surface area contributed by atoms with Crippen molar-refractivity contribution in [2.24, 2.45) is 0 Å². The van der Waals surface area contributed by atoms with E-state index in [-0.39, 0.29) is 12.3 Å². The van der Waals surface area contributed by atoms with Crippen molar-refractivity contribution in [1.82, 2.24) is 5.32 Å². The molecule has 0 aromatic carbocycles. The molecule has 1 saturated heterocycles. The highest BCUT2D eigenvalue weighted by atomic mass is 16.7. The van der Waals surface area contributed by atoms with Gasteiger partial charge in [-0.2, -0.15) is 0 Å². The average Bonchev–Trinajstić information content (AvgIpc) is 2.81. The Hall–Kier alpha value is -1.07. The molecule has 1 fully saturated rings. The summed E-state index contributed by atoms with van der Waals surface area (Å²) >= 11 is 0. The van der Waals surface area contributed by atoms with E-state index < -0.39 is 0 Å². The van der Waals surface area contributed by atoms with E-state index in [4.69, 9.17) is 14.2 Å². The molecule has 0 aromatic heterocycles. The van der Waals surface area contributed by atoms with E-state index in [1.807, 2.05) is 6.92 Å². The van der Waals surface area contributed by atoms with Crippen LogP contribution in [0, 0.1) is 0 Å². The zero-order valence-corrected chi connectivity index (χ0v) is 10.5. The highest BCUT2D eigenvalue weighted by Gasteiger charge is 2.14. The van der Waals surface area contributed by atoms with Gasteiger partial charge in [0.25, 0.3) is 0 Å². The van der Waals surface area contributed by atoms with Gasteiger partial charge in [0, 0.05) is 24.7 Å². The summed E-state index contributed by atoms with van der Waals surface area (Å²) in [5.74, 6) is -0.301. The van der Waals surface area contributed by atoms with Crippen LogP contribution in [0.2, 0.25) is 0 Å². The van der Waals surface area contributed by atoms with Gasteiger partial charge in [0.05, 0.1) is 19.8 Å². The van der Waals surface area contributed by atoms with Crippen LogP contribution in [0.5, 0.6) is 0 Å². The molecule has 0 aromatic rings. The van der Waals surface area contributed by atoms with Gasteiger partial charge in [-0.15, -0.1) is 0 Å². The van der Waals surface area contributed by atoms with Crippen LogP contribution in [0.15, 0.2) is 11.8 Å². The molecule has 0 spiro atoms. The molecule has 0 radical (unpaired) electrons. The molecule has 0 saturated carbocycles. The number of hydrogen-bond acceptors (Lipinski definition) is 5. The van der Waals surface area contributed by atoms with Crippen molar-refractivity contribution in [3.63, 3.8) is 0 Å². The van der Waals surface area contributed by atoms with Crippen molar-refractivity contribution in [2.45, 2.75) is 33.0 Å². The van der Waals surface area contributed by atoms with Gasteiger partial charge in [-0.25, -0.2) is 4.79 Å². The molecule has 1 aliphatic heterocycles. The summed E-state index contributed by atoms with van der Waals surface area (Å²) in [7, 11) is 0. The third kappa shape index (κ3) is 5.70. The maximum absolute atomic E-state index is 11.2. The quantitative estimate of drug-likeness (QED) is 0.538. The van der Waals surface area contributed by atoms with Crippen LogP contribution in [0.4, 0.5) is 0 Å². The van der Waals surface area contributed by atoms with E-state index in [9.17, 15) is 4.79 Å². The fourth-order valence-electron chi connectivity index (χ4n) is 1.53. The summed E-state index contributed by atoms with van der Waals surface area (Å²) < 4.78 is 15.5. The van der Waals surface area contributed by atoms with E-state index >= 15 is 0 Å². The molecule has 1 heterocycles. The molecule has 5 heteroatoms. The first-order valence-corrected chi connectivity index (χ1v) is 6.10. The number of hydrogen-bond donors (Lipinski definition) is 1. The molecule has 17 heavy (non-hydrogen) atoms. The zero-order chi connectivity index (χ0) is 12.5. The largest absolute Gasteiger partial charge is 0.463 e. The second-order valence-corrected chi connectivity index (χ2v) is 3.66. The Bertz CT molecular complexity index is 259. The number of esters is 1. The summed E-state index contributed by atoms with van der Waals surface area (Å²) in [6.45, 7) is 6.24. The van der Waals surface area contributed by atoms with Crippen LogP contribution in [0.1, 0.15) is 26.7 Å². The van der Waals surface area contributed by atoms with Gasteiger partial charge >= 0.3 is 5.97 Å². The number of carbonyl (C=O) groups excluding carboxylic acids is 1. The lowest BCUT2D eigenvalue weighted by molar-refractivity contribution is -0.137. The summed E-state index contributed by atoms with van der Waals surface area (Å²) in [6, 6.07) is 0. The number of nitrogens with one attached hydrogen (secondary N) is 1. The molecule has 0 amide bonds. The maximum Gasteiger partial charge on any atom is 0.332 e. The van der Waals surface area contributed by atoms with Crippen molar-refractivity contribution in [1.29, 1.82) is 0 Å². The van der Waals surface area contributed by atoms with Gasteiger partial charge in [0.1, 0.15) is 0 Å². The molecule has 1 rings (SSSR count). The Balaban J connectivity index is 2.23. The van der Waals surface area contributed by atoms with Crippen molar-refractivity contribution >= 4 is 5.97 Å². The van der Waals surface area contributed by atoms with Gasteiger partial charge < -0.3 is 19.5 Å². The monoisotopic (exact) mass is 243 g/mol. The summed E-state index contributed by atoms with van der Waals surface area (Å²) in [5, 5.41) is 3.19. The summed E-state index contributed by atoms with van der Waals surface area (Å²) in [5.41, 5.74) is 0.876. The van der Waals surface area contributed by atoms with E-state index in [0.29, 0.717) is 19.8 Å². The Morgan fingerprint density at radius 2 is 2.12 bits per heavy atom. The Labute approximate surface area is 102 Å². The molecule has 5 nitrogen and oxygen atoms in total. The topological polar surface area (TPSA) is 56.8 Å². The van der Waals surface area contributed by atoms with Crippen LogP contribution in [-0.4, -0.2) is 38.6 Å². The van der Waals surface area contributed by atoms with Crippen molar-refractivity contribution in [3.8, 4) is 0 Å². The number of carbonyl (C=O) groups is 1. The SMILES string of the molecule is CCOC(=O)/C=C(\CC)NCCC1OCCO1. The highest BCUT2D eigenvalue weighted by Crippen LogP contribution is 2.07. The third-order valence-electron chi connectivity index (χ3n) is 2.38. The van der Waals surface area contributed by atoms with Crippen molar-refractivity contribution in [3.05, 3.63) is 11.8 Å². The van der Waals surface area contributed by atoms with E-state index in [2.05, 4.69) is 5.32 Å². The van der Waals surface area contributed by atoms with Gasteiger partial charge in [0.2, 0.25) is 0 Å². The third-order valence-corrected chi connectivity index (χ3v) is 2.38. The molecule has 0 unspecified atom stereocenters. The minimum absolute atomic E-state index is 0.108. The predicted octanol–water partition coefficient (Wildman–Crippen LogP) is 1.20. The fourth-order valence-corrected chi connectivity index (χ4v) is 1.53. The van der Waals surface area contributed by atoms with Crippen LogP contribution >= 0.6 is 0 Å². The van der Waals surface area contributed by atoms with Gasteiger partial charge in [-0.1, -0.05) is 6.92 Å². The smallest absolute Gasteiger partial charge is 0.332 e. The number of rotatable bonds is 7. The van der Waals surface area contributed by atoms with Crippen LogP contribution < -0.4 is 5.32 Å². The number of ether oxygens (including phenoxy) is 3. The van der Waals surface area contributed by atoms with Gasteiger partial charge in [-0.05, 0) is 13.3 Å². The molecule has 0 aliphatic carbocycles. The average molecular weight is 243 g/mol. The first-order valence-electron chi connectivity index (χ1n) is 6.10. The Morgan fingerprint density at radius 3 is 2.71 bits per heavy atom. The second kappa shape index (κ2) is 8.08. The maximum atomic E-state index is 11.2. The molecule has 1 aliphatic rings. The van der Waals surface area contributed by atoms with Crippen LogP contribution in [0.25, 0.3) is 0 Å². The van der Waals surface area contributed by atoms with E-state index in [1.165, 1.54) is 6.08 Å². The van der Waals surface area contributed by atoms with Crippen molar-refractivity contribution in [2.75, 3.05) is 26.4 Å². The molecule has 0 atom stereocenters. The van der Waals surface area contributed by atoms with Crippen molar-refractivity contribution < 1.29 is 19.0 Å². The first kappa shape index (κ1) is 14.0. The lowest BCUT2D eigenvalue weighted by Gasteiger charge is -2.12. The lowest BCUT2D eigenvalue weighted by Crippen LogP contribution is -2.21. The second-order valence-electron chi connectivity index (χ2n) is 3.66. The lowest BCUT2D eigenvalue weighted by atomic mass is 10.3. The van der Waals surface area contributed by atoms with Gasteiger partial charge in [0.15, 0.2) is 6.29 Å². The normalized spacial score (nSPS) is 17.2. The zero-order valence-electron chi connectivity index (χ0n) is 10.5. The summed E-state index contributed by atoms with van der Waals surface area (Å²) in [6.07, 6.45) is 2.94. The number of allylic oxidation sites excluding steroid dienone is 1. The van der Waals surface area contributed by atoms with Crippen LogP contribution in [-0.2, 0) is 19.0 Å². The van der Waals surface area contributed by atoms with E-state index in [1.54, 1.807) is 6.92 Å².